The lowest BCUT2D eigenvalue weighted by atomic mass is 10.1. The van der Waals surface area contributed by atoms with Crippen molar-refractivity contribution in [3.8, 4) is 5.75 Å². The number of carbonyl (C=O) groups excluding carboxylic acids is 1. The second-order valence-electron chi connectivity index (χ2n) is 7.26. The Morgan fingerprint density at radius 2 is 1.94 bits per heavy atom. The van der Waals surface area contributed by atoms with E-state index in [2.05, 4.69) is 24.7 Å². The molecule has 1 N–H and O–H groups in total. The SMILES string of the molecule is O=C(Nc1ccc2c(c1)C(F)(F)OC(F)(F)O2)N1CCCN(Cc2ccccn2)CC1. The zero-order chi connectivity index (χ0) is 22.1. The fourth-order valence-electron chi connectivity index (χ4n) is 3.53. The van der Waals surface area contributed by atoms with Gasteiger partial charge in [-0.1, -0.05) is 6.07 Å². The maximum Gasteiger partial charge on any atom is 0.540 e. The second kappa shape index (κ2) is 8.31. The lowest BCUT2D eigenvalue weighted by Gasteiger charge is -2.30. The first kappa shape index (κ1) is 21.3. The summed E-state index contributed by atoms with van der Waals surface area (Å²) >= 11 is 0. The van der Waals surface area contributed by atoms with Crippen LogP contribution < -0.4 is 10.1 Å². The molecule has 0 radical (unpaired) electrons. The highest BCUT2D eigenvalue weighted by Gasteiger charge is 2.54. The average molecular weight is 440 g/mol. The van der Waals surface area contributed by atoms with Gasteiger partial charge in [0.05, 0.1) is 11.3 Å². The molecule has 2 aromatic rings. The molecule has 0 bridgehead atoms. The predicted octanol–water partition coefficient (Wildman–Crippen LogP) is 3.83. The maximum absolute atomic E-state index is 13.9. The molecule has 7 nitrogen and oxygen atoms in total. The molecule has 1 aromatic heterocycles. The lowest BCUT2D eigenvalue weighted by molar-refractivity contribution is -0.461. The zero-order valence-electron chi connectivity index (χ0n) is 16.4. The van der Waals surface area contributed by atoms with Crippen LogP contribution in [0.25, 0.3) is 0 Å². The van der Waals surface area contributed by atoms with Gasteiger partial charge >= 0.3 is 18.4 Å². The van der Waals surface area contributed by atoms with Gasteiger partial charge in [-0.3, -0.25) is 9.88 Å². The Labute approximate surface area is 175 Å². The van der Waals surface area contributed by atoms with Crippen molar-refractivity contribution in [3.05, 3.63) is 53.9 Å². The number of aromatic nitrogens is 1. The van der Waals surface area contributed by atoms with E-state index in [0.29, 0.717) is 26.2 Å². The molecule has 2 aliphatic rings. The molecule has 2 amide bonds. The number of nitrogens with one attached hydrogen (secondary N) is 1. The van der Waals surface area contributed by atoms with Gasteiger partial charge in [-0.2, -0.15) is 8.78 Å². The molecule has 4 rings (SSSR count). The van der Waals surface area contributed by atoms with E-state index in [4.69, 9.17) is 0 Å². The summed E-state index contributed by atoms with van der Waals surface area (Å²) in [4.78, 5) is 20.7. The van der Waals surface area contributed by atoms with Gasteiger partial charge in [-0.05, 0) is 36.8 Å². The van der Waals surface area contributed by atoms with Gasteiger partial charge in [-0.25, -0.2) is 9.53 Å². The topological polar surface area (TPSA) is 66.9 Å². The van der Waals surface area contributed by atoms with Crippen LogP contribution in [-0.2, 0) is 17.4 Å². The Morgan fingerprint density at radius 1 is 1.10 bits per heavy atom. The number of benzene rings is 1. The molecule has 1 fully saturated rings. The molecule has 0 saturated carbocycles. The van der Waals surface area contributed by atoms with Gasteiger partial charge in [0.15, 0.2) is 0 Å². The Kier molecular flexibility index (Phi) is 5.71. The number of hydrogen-bond donors (Lipinski definition) is 1. The molecule has 0 spiro atoms. The highest BCUT2D eigenvalue weighted by molar-refractivity contribution is 5.89. The number of pyridine rings is 1. The predicted molar refractivity (Wildman–Crippen MR) is 102 cm³/mol. The molecule has 11 heteroatoms. The third-order valence-corrected chi connectivity index (χ3v) is 5.01. The molecule has 1 aromatic carbocycles. The van der Waals surface area contributed by atoms with E-state index in [9.17, 15) is 22.4 Å². The smallest absolute Gasteiger partial charge is 0.409 e. The Hall–Kier alpha value is -2.92. The standard InChI is InChI=1S/C20H20F4N4O3/c21-19(22)16-12-14(5-6-17(16)30-20(23,24)31-19)26-18(29)28-9-3-8-27(10-11-28)13-15-4-1-2-7-25-15/h1-2,4-7,12H,3,8-11,13H2,(H,26,29). The van der Waals surface area contributed by atoms with Gasteiger partial charge in [0.1, 0.15) is 5.75 Å². The minimum atomic E-state index is -4.44. The molecule has 0 aliphatic carbocycles. The van der Waals surface area contributed by atoms with Crippen molar-refractivity contribution >= 4 is 11.7 Å². The van der Waals surface area contributed by atoms with E-state index >= 15 is 0 Å². The number of carbonyl (C=O) groups is 1. The van der Waals surface area contributed by atoms with Crippen molar-refractivity contribution in [2.75, 3.05) is 31.5 Å². The van der Waals surface area contributed by atoms with Crippen molar-refractivity contribution in [3.63, 3.8) is 0 Å². The number of alkyl halides is 4. The lowest BCUT2D eigenvalue weighted by Crippen LogP contribution is -2.41. The van der Waals surface area contributed by atoms with Crippen LogP contribution in [0.3, 0.4) is 0 Å². The van der Waals surface area contributed by atoms with Gasteiger partial charge in [0.2, 0.25) is 0 Å². The first-order chi connectivity index (χ1) is 14.7. The third-order valence-electron chi connectivity index (χ3n) is 5.01. The van der Waals surface area contributed by atoms with Gasteiger partial charge in [0.25, 0.3) is 0 Å². The Bertz CT molecular complexity index is 945. The number of hydrogen-bond acceptors (Lipinski definition) is 5. The van der Waals surface area contributed by atoms with Crippen molar-refractivity contribution in [2.45, 2.75) is 25.4 Å². The number of fused-ring (bicyclic) bond motifs is 1. The summed E-state index contributed by atoms with van der Waals surface area (Å²) in [7, 11) is 0. The minimum absolute atomic E-state index is 0.0235. The van der Waals surface area contributed by atoms with E-state index in [-0.39, 0.29) is 5.69 Å². The number of nitrogens with zero attached hydrogens (tertiary/aromatic N) is 3. The van der Waals surface area contributed by atoms with Gasteiger partial charge in [-0.15, -0.1) is 8.78 Å². The third kappa shape index (κ3) is 5.05. The first-order valence-corrected chi connectivity index (χ1v) is 9.69. The van der Waals surface area contributed by atoms with Crippen LogP contribution >= 0.6 is 0 Å². The molecule has 2 aliphatic heterocycles. The monoisotopic (exact) mass is 440 g/mol. The van der Waals surface area contributed by atoms with Crippen molar-refractivity contribution in [1.29, 1.82) is 0 Å². The van der Waals surface area contributed by atoms with Crippen molar-refractivity contribution in [2.24, 2.45) is 0 Å². The Balaban J connectivity index is 1.39. The van der Waals surface area contributed by atoms with Crippen LogP contribution in [0.4, 0.5) is 28.0 Å². The first-order valence-electron chi connectivity index (χ1n) is 9.69. The number of rotatable bonds is 3. The normalized spacial score (nSPS) is 20.3. The van der Waals surface area contributed by atoms with Crippen LogP contribution in [0.2, 0.25) is 0 Å². The number of halogens is 4. The number of anilines is 1. The quantitative estimate of drug-likeness (QED) is 0.735. The Morgan fingerprint density at radius 3 is 2.71 bits per heavy atom. The zero-order valence-corrected chi connectivity index (χ0v) is 16.4. The second-order valence-corrected chi connectivity index (χ2v) is 7.26. The molecule has 3 heterocycles. The summed E-state index contributed by atoms with van der Waals surface area (Å²) in [6.45, 7) is 3.01. The molecule has 0 unspecified atom stereocenters. The highest BCUT2D eigenvalue weighted by atomic mass is 19.3. The number of amides is 2. The molecule has 0 atom stereocenters. The molecular formula is C20H20F4N4O3. The fourth-order valence-corrected chi connectivity index (χ4v) is 3.53. The van der Waals surface area contributed by atoms with Crippen LogP contribution in [-0.4, -0.2) is 53.3 Å². The molecule has 1 saturated heterocycles. The van der Waals surface area contributed by atoms with Crippen LogP contribution in [0.5, 0.6) is 5.75 Å². The van der Waals surface area contributed by atoms with E-state index in [1.54, 1.807) is 11.1 Å². The van der Waals surface area contributed by atoms with Gasteiger partial charge in [0, 0.05) is 44.6 Å². The highest BCUT2D eigenvalue weighted by Crippen LogP contribution is 2.46. The van der Waals surface area contributed by atoms with Crippen molar-refractivity contribution in [1.82, 2.24) is 14.8 Å². The maximum atomic E-state index is 13.9. The molecule has 166 valence electrons. The summed E-state index contributed by atoms with van der Waals surface area (Å²) in [5.41, 5.74) is 0.0782. The van der Waals surface area contributed by atoms with E-state index in [0.717, 1.165) is 30.8 Å². The summed E-state index contributed by atoms with van der Waals surface area (Å²) < 4.78 is 61.7. The number of ether oxygens (including phenoxy) is 2. The van der Waals surface area contributed by atoms with Crippen molar-refractivity contribution < 1.29 is 31.8 Å². The van der Waals surface area contributed by atoms with Gasteiger partial charge < -0.3 is 15.0 Å². The molecule has 31 heavy (non-hydrogen) atoms. The summed E-state index contributed by atoms with van der Waals surface area (Å²) in [5, 5.41) is 2.54. The average Bonchev–Trinajstić information content (AvgIpc) is 2.94. The fraction of sp³-hybridized carbons (Fsp3) is 0.400. The van der Waals surface area contributed by atoms with E-state index < -0.39 is 29.7 Å². The minimum Gasteiger partial charge on any atom is -0.409 e. The largest absolute Gasteiger partial charge is 0.540 e. The van der Waals surface area contributed by atoms with Crippen LogP contribution in [0, 0.1) is 0 Å². The van der Waals surface area contributed by atoms with Crippen LogP contribution in [0.15, 0.2) is 42.6 Å². The summed E-state index contributed by atoms with van der Waals surface area (Å²) in [5.74, 6) is -0.709. The van der Waals surface area contributed by atoms with Crippen LogP contribution in [0.1, 0.15) is 17.7 Å². The molecular weight excluding hydrogens is 420 g/mol. The summed E-state index contributed by atoms with van der Waals surface area (Å²) in [6.07, 6.45) is -6.23. The van der Waals surface area contributed by atoms with E-state index in [1.165, 1.54) is 6.07 Å². The number of urea groups is 1. The summed E-state index contributed by atoms with van der Waals surface area (Å²) in [6, 6.07) is 8.27. The van der Waals surface area contributed by atoms with E-state index in [1.807, 2.05) is 18.2 Å².